The fourth-order valence-electron chi connectivity index (χ4n) is 2.96. The van der Waals surface area contributed by atoms with Gasteiger partial charge in [0.15, 0.2) is 0 Å². The summed E-state index contributed by atoms with van der Waals surface area (Å²) in [4.78, 5) is 24.4. The summed E-state index contributed by atoms with van der Waals surface area (Å²) in [6.07, 6.45) is -5.42. The molecule has 1 heterocycles. The van der Waals surface area contributed by atoms with Crippen molar-refractivity contribution < 1.29 is 32.3 Å². The molecule has 1 aliphatic rings. The van der Waals surface area contributed by atoms with Gasteiger partial charge in [-0.25, -0.2) is 14.0 Å². The van der Waals surface area contributed by atoms with Crippen molar-refractivity contribution >= 4 is 23.5 Å². The largest absolute Gasteiger partial charge is 0.465 e. The zero-order valence-electron chi connectivity index (χ0n) is 14.3. The van der Waals surface area contributed by atoms with Gasteiger partial charge in [0.05, 0.1) is 11.3 Å². The molecule has 0 saturated heterocycles. The molecule has 1 aliphatic heterocycles. The molecule has 10 heteroatoms. The number of hydrogen-bond acceptors (Lipinski definition) is 2. The van der Waals surface area contributed by atoms with E-state index in [0.29, 0.717) is 24.7 Å². The summed E-state index contributed by atoms with van der Waals surface area (Å²) >= 11 is 0. The first-order chi connectivity index (χ1) is 13.1. The van der Waals surface area contributed by atoms with Gasteiger partial charge < -0.3 is 20.6 Å². The minimum Gasteiger partial charge on any atom is -0.465 e. The van der Waals surface area contributed by atoms with Crippen LogP contribution in [0.3, 0.4) is 0 Å². The lowest BCUT2D eigenvalue weighted by Crippen LogP contribution is -2.34. The number of nitrogens with zero attached hydrogens (tertiary/aromatic N) is 1. The number of rotatable bonds is 2. The number of halogens is 4. The summed E-state index contributed by atoms with van der Waals surface area (Å²) < 4.78 is 52.8. The van der Waals surface area contributed by atoms with E-state index >= 15 is 0 Å². The van der Waals surface area contributed by atoms with Crippen molar-refractivity contribution in [2.75, 3.05) is 17.2 Å². The van der Waals surface area contributed by atoms with Gasteiger partial charge in [-0.05, 0) is 41.8 Å². The summed E-state index contributed by atoms with van der Waals surface area (Å²) in [6, 6.07) is 6.10. The van der Waals surface area contributed by atoms with E-state index in [0.717, 1.165) is 23.3 Å². The molecular formula is C18H15F4N3O3. The van der Waals surface area contributed by atoms with E-state index in [9.17, 15) is 27.2 Å². The molecule has 0 atom stereocenters. The molecule has 0 unspecified atom stereocenters. The van der Waals surface area contributed by atoms with Crippen LogP contribution in [0.4, 0.5) is 38.5 Å². The first-order valence-corrected chi connectivity index (χ1v) is 8.18. The van der Waals surface area contributed by atoms with Crippen molar-refractivity contribution in [1.82, 2.24) is 4.90 Å². The molecule has 28 heavy (non-hydrogen) atoms. The van der Waals surface area contributed by atoms with E-state index in [4.69, 9.17) is 5.11 Å². The summed E-state index contributed by atoms with van der Waals surface area (Å²) in [5.41, 5.74) is -0.362. The number of urea groups is 1. The Morgan fingerprint density at radius 1 is 1.07 bits per heavy atom. The third-order valence-corrected chi connectivity index (χ3v) is 4.30. The van der Waals surface area contributed by atoms with E-state index in [2.05, 4.69) is 5.32 Å². The second kappa shape index (κ2) is 7.37. The summed E-state index contributed by atoms with van der Waals surface area (Å²) in [5.74, 6) is -1.20. The SMILES string of the molecule is O=C(Nc1ccc2c(c1)CCN(C(=O)O)C2)Nc1c(F)cccc1C(F)(F)F. The Bertz CT molecular complexity index is 931. The number of fused-ring (bicyclic) bond motifs is 1. The van der Waals surface area contributed by atoms with Crippen molar-refractivity contribution in [3.63, 3.8) is 0 Å². The van der Waals surface area contributed by atoms with Crippen LogP contribution < -0.4 is 10.6 Å². The number of carbonyl (C=O) groups excluding carboxylic acids is 1. The predicted octanol–water partition coefficient (Wildman–Crippen LogP) is 4.52. The first-order valence-electron chi connectivity index (χ1n) is 8.18. The van der Waals surface area contributed by atoms with E-state index in [1.807, 2.05) is 5.32 Å². The van der Waals surface area contributed by atoms with E-state index < -0.39 is 35.4 Å². The number of nitrogens with one attached hydrogen (secondary N) is 2. The maximum atomic E-state index is 13.8. The van der Waals surface area contributed by atoms with Crippen molar-refractivity contribution in [3.8, 4) is 0 Å². The fraction of sp³-hybridized carbons (Fsp3) is 0.222. The van der Waals surface area contributed by atoms with Crippen LogP contribution in [0.1, 0.15) is 16.7 Å². The molecule has 0 spiro atoms. The standard InChI is InChI=1S/C18H15F4N3O3/c19-14-3-1-2-13(18(20,21)22)15(14)24-16(26)23-12-5-4-11-9-25(17(27)28)7-6-10(11)8-12/h1-5,8H,6-7,9H2,(H,27,28)(H2,23,24,26). The number of amides is 3. The van der Waals surface area contributed by atoms with E-state index in [-0.39, 0.29) is 6.54 Å². The highest BCUT2D eigenvalue weighted by molar-refractivity contribution is 6.00. The average Bonchev–Trinajstić information content (AvgIpc) is 2.61. The average molecular weight is 397 g/mol. The van der Waals surface area contributed by atoms with Gasteiger partial charge in [0.2, 0.25) is 0 Å². The van der Waals surface area contributed by atoms with Gasteiger partial charge in [0.25, 0.3) is 0 Å². The normalized spacial score (nSPS) is 13.6. The van der Waals surface area contributed by atoms with Crippen LogP contribution >= 0.6 is 0 Å². The summed E-state index contributed by atoms with van der Waals surface area (Å²) in [7, 11) is 0. The molecule has 2 aromatic rings. The Morgan fingerprint density at radius 3 is 2.50 bits per heavy atom. The molecule has 0 aromatic heterocycles. The van der Waals surface area contributed by atoms with Crippen LogP contribution in [0.2, 0.25) is 0 Å². The maximum absolute atomic E-state index is 13.8. The quantitative estimate of drug-likeness (QED) is 0.652. The van der Waals surface area contributed by atoms with Crippen molar-refractivity contribution in [2.24, 2.45) is 0 Å². The molecular weight excluding hydrogens is 382 g/mol. The van der Waals surface area contributed by atoms with E-state index in [1.54, 1.807) is 12.1 Å². The number of hydrogen-bond donors (Lipinski definition) is 3. The van der Waals surface area contributed by atoms with E-state index in [1.165, 1.54) is 11.0 Å². The molecule has 0 saturated carbocycles. The van der Waals surface area contributed by atoms with Crippen molar-refractivity contribution in [2.45, 2.75) is 19.1 Å². The van der Waals surface area contributed by atoms with Crippen LogP contribution in [-0.4, -0.2) is 28.7 Å². The van der Waals surface area contributed by atoms with Crippen LogP contribution in [0, 0.1) is 5.82 Å². The van der Waals surface area contributed by atoms with Gasteiger partial charge in [-0.3, -0.25) is 0 Å². The molecule has 2 aromatic carbocycles. The van der Waals surface area contributed by atoms with Gasteiger partial charge in [-0.1, -0.05) is 12.1 Å². The second-order valence-corrected chi connectivity index (χ2v) is 6.18. The molecule has 6 nitrogen and oxygen atoms in total. The number of anilines is 2. The Hall–Kier alpha value is -3.30. The molecule has 0 radical (unpaired) electrons. The third-order valence-electron chi connectivity index (χ3n) is 4.30. The van der Waals surface area contributed by atoms with Gasteiger partial charge in [-0.15, -0.1) is 0 Å². The highest BCUT2D eigenvalue weighted by Crippen LogP contribution is 2.36. The van der Waals surface area contributed by atoms with Gasteiger partial charge in [0.1, 0.15) is 5.82 Å². The second-order valence-electron chi connectivity index (χ2n) is 6.18. The minimum absolute atomic E-state index is 0.210. The monoisotopic (exact) mass is 397 g/mol. The Morgan fingerprint density at radius 2 is 1.82 bits per heavy atom. The predicted molar refractivity (Wildman–Crippen MR) is 92.6 cm³/mol. The highest BCUT2D eigenvalue weighted by atomic mass is 19.4. The maximum Gasteiger partial charge on any atom is 0.418 e. The molecule has 3 amide bonds. The molecule has 0 aliphatic carbocycles. The van der Waals surface area contributed by atoms with Crippen LogP contribution in [0.15, 0.2) is 36.4 Å². The van der Waals surface area contributed by atoms with Gasteiger partial charge in [0, 0.05) is 18.8 Å². The lowest BCUT2D eigenvalue weighted by Gasteiger charge is -2.26. The lowest BCUT2D eigenvalue weighted by molar-refractivity contribution is -0.137. The molecule has 0 bridgehead atoms. The highest BCUT2D eigenvalue weighted by Gasteiger charge is 2.35. The Kier molecular flexibility index (Phi) is 5.12. The Labute approximate surface area is 156 Å². The Balaban J connectivity index is 1.74. The lowest BCUT2D eigenvalue weighted by atomic mass is 9.99. The fourth-order valence-corrected chi connectivity index (χ4v) is 2.96. The smallest absolute Gasteiger partial charge is 0.418 e. The molecule has 3 rings (SSSR count). The molecule has 0 fully saturated rings. The van der Waals surface area contributed by atoms with Crippen LogP contribution in [0.25, 0.3) is 0 Å². The van der Waals surface area contributed by atoms with Gasteiger partial charge in [-0.2, -0.15) is 13.2 Å². The number of alkyl halides is 3. The van der Waals surface area contributed by atoms with Crippen molar-refractivity contribution in [3.05, 3.63) is 58.9 Å². The zero-order valence-corrected chi connectivity index (χ0v) is 14.3. The zero-order chi connectivity index (χ0) is 20.5. The summed E-state index contributed by atoms with van der Waals surface area (Å²) in [5, 5.41) is 13.3. The number of carboxylic acid groups (broad SMARTS) is 1. The topological polar surface area (TPSA) is 81.7 Å². The van der Waals surface area contributed by atoms with Crippen LogP contribution in [-0.2, 0) is 19.1 Å². The number of para-hydroxylation sites is 1. The minimum atomic E-state index is -4.83. The number of carbonyl (C=O) groups is 2. The third kappa shape index (κ3) is 4.16. The summed E-state index contributed by atoms with van der Waals surface area (Å²) in [6.45, 7) is 0.503. The van der Waals surface area contributed by atoms with Gasteiger partial charge >= 0.3 is 18.3 Å². The number of benzene rings is 2. The van der Waals surface area contributed by atoms with Crippen LogP contribution in [0.5, 0.6) is 0 Å². The molecule has 3 N–H and O–H groups in total. The first kappa shape index (κ1) is 19.5. The molecule has 148 valence electrons. The van der Waals surface area contributed by atoms with Crippen molar-refractivity contribution in [1.29, 1.82) is 0 Å².